The molecule has 6 heteroatoms. The first-order valence-corrected chi connectivity index (χ1v) is 12.3. The van der Waals surface area contributed by atoms with E-state index in [1.807, 2.05) is 54.6 Å². The van der Waals surface area contributed by atoms with Crippen LogP contribution in [0.15, 0.2) is 71.6 Å². The molecule has 0 aromatic heterocycles. The lowest BCUT2D eigenvalue weighted by Gasteiger charge is -2.35. The maximum atomic E-state index is 13.1. The predicted molar refractivity (Wildman–Crippen MR) is 125 cm³/mol. The Hall–Kier alpha value is -2.70. The highest BCUT2D eigenvalue weighted by atomic mass is 32.2. The van der Waals surface area contributed by atoms with Crippen LogP contribution in [0.4, 0.5) is 5.69 Å². The summed E-state index contributed by atoms with van der Waals surface area (Å²) in [6.07, 6.45) is 2.51. The number of nitrogens with zero attached hydrogens (tertiary/aromatic N) is 2. The Kier molecular flexibility index (Phi) is 6.39. The first-order chi connectivity index (χ1) is 15.0. The number of ketones is 1. The van der Waals surface area contributed by atoms with Crippen LogP contribution in [0.3, 0.4) is 0 Å². The fourth-order valence-corrected chi connectivity index (χ4v) is 5.46. The Morgan fingerprint density at radius 2 is 1.55 bits per heavy atom. The fourth-order valence-electron chi connectivity index (χ4n) is 4.00. The molecule has 0 saturated carbocycles. The number of unbranched alkanes of at least 4 members (excludes halogenated alkanes) is 1. The zero-order valence-corrected chi connectivity index (χ0v) is 18.6. The Morgan fingerprint density at radius 3 is 2.23 bits per heavy atom. The molecule has 1 saturated heterocycles. The number of anilines is 1. The zero-order valence-electron chi connectivity index (χ0n) is 17.8. The van der Waals surface area contributed by atoms with Gasteiger partial charge in [0.25, 0.3) is 0 Å². The molecule has 0 bridgehead atoms. The molecule has 162 valence electrons. The van der Waals surface area contributed by atoms with Crippen molar-refractivity contribution >= 4 is 32.3 Å². The first-order valence-electron chi connectivity index (χ1n) is 10.9. The van der Waals surface area contributed by atoms with E-state index in [1.54, 1.807) is 16.4 Å². The molecule has 31 heavy (non-hydrogen) atoms. The molecule has 0 atom stereocenters. The molecule has 0 radical (unpaired) electrons. The highest BCUT2D eigenvalue weighted by Crippen LogP contribution is 2.24. The summed E-state index contributed by atoms with van der Waals surface area (Å²) in [5.74, 6) is 0.180. The van der Waals surface area contributed by atoms with Crippen molar-refractivity contribution in [3.05, 3.63) is 72.3 Å². The number of hydrogen-bond acceptors (Lipinski definition) is 4. The second-order valence-corrected chi connectivity index (χ2v) is 9.91. The Labute approximate surface area is 184 Å². The smallest absolute Gasteiger partial charge is 0.243 e. The molecule has 1 fully saturated rings. The van der Waals surface area contributed by atoms with Gasteiger partial charge in [-0.1, -0.05) is 43.7 Å². The molecule has 0 N–H and O–H groups in total. The maximum absolute atomic E-state index is 13.1. The van der Waals surface area contributed by atoms with Gasteiger partial charge in [0.05, 0.1) is 4.90 Å². The fraction of sp³-hybridized carbons (Fsp3) is 0.320. The van der Waals surface area contributed by atoms with E-state index in [2.05, 4.69) is 11.8 Å². The Balaban J connectivity index is 1.42. The van der Waals surface area contributed by atoms with E-state index in [0.717, 1.165) is 34.9 Å². The van der Waals surface area contributed by atoms with Crippen LogP contribution in [-0.2, 0) is 10.0 Å². The van der Waals surface area contributed by atoms with E-state index in [1.165, 1.54) is 0 Å². The Morgan fingerprint density at radius 1 is 0.871 bits per heavy atom. The van der Waals surface area contributed by atoms with Crippen molar-refractivity contribution in [2.24, 2.45) is 0 Å². The number of sulfonamides is 1. The molecule has 0 spiro atoms. The van der Waals surface area contributed by atoms with Gasteiger partial charge >= 0.3 is 0 Å². The first kappa shape index (κ1) is 21.5. The third kappa shape index (κ3) is 4.65. The van der Waals surface area contributed by atoms with Crippen molar-refractivity contribution in [1.82, 2.24) is 4.31 Å². The summed E-state index contributed by atoms with van der Waals surface area (Å²) in [4.78, 5) is 14.7. The number of piperazine rings is 1. The molecular formula is C25H28N2O3S. The van der Waals surface area contributed by atoms with Crippen molar-refractivity contribution in [3.8, 4) is 0 Å². The standard InChI is InChI=1S/C25H28N2O3S/c1-2-3-8-25(28)21-9-12-23(13-10-21)26-15-17-27(18-16-26)31(29,30)24-14-11-20-6-4-5-7-22(20)19-24/h4-7,9-14,19H,2-3,8,15-18H2,1H3. The minimum Gasteiger partial charge on any atom is -0.369 e. The van der Waals surface area contributed by atoms with Crippen molar-refractivity contribution in [3.63, 3.8) is 0 Å². The third-order valence-corrected chi connectivity index (χ3v) is 7.80. The molecule has 5 nitrogen and oxygen atoms in total. The largest absolute Gasteiger partial charge is 0.369 e. The molecule has 3 aromatic rings. The molecule has 1 aliphatic heterocycles. The lowest BCUT2D eigenvalue weighted by molar-refractivity contribution is 0.0980. The number of benzene rings is 3. The third-order valence-electron chi connectivity index (χ3n) is 5.91. The van der Waals surface area contributed by atoms with Crippen LogP contribution >= 0.6 is 0 Å². The van der Waals surface area contributed by atoms with Gasteiger partial charge in [0.15, 0.2) is 5.78 Å². The number of carbonyl (C=O) groups is 1. The lowest BCUT2D eigenvalue weighted by atomic mass is 10.1. The summed E-state index contributed by atoms with van der Waals surface area (Å²) in [7, 11) is -3.52. The number of Topliss-reactive ketones (excluding diaryl/α,β-unsaturated/α-hetero) is 1. The summed E-state index contributed by atoms with van der Waals surface area (Å²) in [5.41, 5.74) is 1.77. The van der Waals surface area contributed by atoms with Crippen molar-refractivity contribution in [2.75, 3.05) is 31.1 Å². The molecular weight excluding hydrogens is 408 g/mol. The van der Waals surface area contributed by atoms with E-state index in [-0.39, 0.29) is 5.78 Å². The van der Waals surface area contributed by atoms with Crippen molar-refractivity contribution < 1.29 is 13.2 Å². The Bertz CT molecular complexity index is 1160. The second kappa shape index (κ2) is 9.20. The molecule has 0 amide bonds. The van der Waals surface area contributed by atoms with Crippen LogP contribution in [-0.4, -0.2) is 44.7 Å². The van der Waals surface area contributed by atoms with Crippen LogP contribution in [0.2, 0.25) is 0 Å². The number of rotatable bonds is 7. The van der Waals surface area contributed by atoms with Gasteiger partial charge in [-0.15, -0.1) is 0 Å². The molecule has 0 aliphatic carbocycles. The van der Waals surface area contributed by atoms with Gasteiger partial charge in [0.1, 0.15) is 0 Å². The van der Waals surface area contributed by atoms with E-state index in [4.69, 9.17) is 0 Å². The van der Waals surface area contributed by atoms with Crippen LogP contribution < -0.4 is 4.90 Å². The highest BCUT2D eigenvalue weighted by Gasteiger charge is 2.28. The van der Waals surface area contributed by atoms with Crippen molar-refractivity contribution in [2.45, 2.75) is 31.1 Å². The quantitative estimate of drug-likeness (QED) is 0.503. The average Bonchev–Trinajstić information content (AvgIpc) is 2.82. The summed E-state index contributed by atoms with van der Waals surface area (Å²) in [6.45, 7) is 4.20. The summed E-state index contributed by atoms with van der Waals surface area (Å²) in [6, 6.07) is 20.8. The lowest BCUT2D eigenvalue weighted by Crippen LogP contribution is -2.48. The van der Waals surface area contributed by atoms with Gasteiger partial charge in [0.2, 0.25) is 10.0 Å². The molecule has 4 rings (SSSR count). The molecule has 3 aromatic carbocycles. The van der Waals surface area contributed by atoms with Gasteiger partial charge in [-0.25, -0.2) is 8.42 Å². The van der Waals surface area contributed by atoms with Crippen molar-refractivity contribution in [1.29, 1.82) is 0 Å². The van der Waals surface area contributed by atoms with Gasteiger partial charge < -0.3 is 4.90 Å². The monoisotopic (exact) mass is 436 g/mol. The number of carbonyl (C=O) groups excluding carboxylic acids is 1. The van der Waals surface area contributed by atoms with E-state index in [0.29, 0.717) is 37.5 Å². The predicted octanol–water partition coefficient (Wildman–Crippen LogP) is 4.72. The van der Waals surface area contributed by atoms with Gasteiger partial charge in [0, 0.05) is 43.9 Å². The van der Waals surface area contributed by atoms with E-state index in [9.17, 15) is 13.2 Å². The summed E-state index contributed by atoms with van der Waals surface area (Å²) < 4.78 is 27.9. The second-order valence-electron chi connectivity index (χ2n) is 7.97. The SMILES string of the molecule is CCCCC(=O)c1ccc(N2CCN(S(=O)(=O)c3ccc4ccccc4c3)CC2)cc1. The molecule has 1 aliphatic rings. The van der Waals surface area contributed by atoms with Crippen LogP contribution in [0.25, 0.3) is 10.8 Å². The zero-order chi connectivity index (χ0) is 21.8. The summed E-state index contributed by atoms with van der Waals surface area (Å²) in [5, 5.41) is 1.96. The van der Waals surface area contributed by atoms with Crippen LogP contribution in [0.5, 0.6) is 0 Å². The summed E-state index contributed by atoms with van der Waals surface area (Å²) >= 11 is 0. The number of hydrogen-bond donors (Lipinski definition) is 0. The van der Waals surface area contributed by atoms with E-state index < -0.39 is 10.0 Å². The van der Waals surface area contributed by atoms with Crippen LogP contribution in [0.1, 0.15) is 36.5 Å². The number of fused-ring (bicyclic) bond motifs is 1. The van der Waals surface area contributed by atoms with Gasteiger partial charge in [-0.05, 0) is 53.6 Å². The van der Waals surface area contributed by atoms with Crippen LogP contribution in [0, 0.1) is 0 Å². The average molecular weight is 437 g/mol. The normalized spacial score (nSPS) is 15.3. The molecule has 0 unspecified atom stereocenters. The maximum Gasteiger partial charge on any atom is 0.243 e. The minimum absolute atomic E-state index is 0.180. The minimum atomic E-state index is -3.52. The topological polar surface area (TPSA) is 57.7 Å². The van der Waals surface area contributed by atoms with Gasteiger partial charge in [-0.2, -0.15) is 4.31 Å². The highest BCUT2D eigenvalue weighted by molar-refractivity contribution is 7.89. The van der Waals surface area contributed by atoms with Gasteiger partial charge in [-0.3, -0.25) is 4.79 Å². The van der Waals surface area contributed by atoms with E-state index >= 15 is 0 Å². The molecule has 1 heterocycles.